The molecule has 0 saturated carbocycles. The average Bonchev–Trinajstić information content (AvgIpc) is 2.93. The Bertz CT molecular complexity index is 528. The minimum Gasteiger partial charge on any atom is -0.481 e. The van der Waals surface area contributed by atoms with Gasteiger partial charge in [-0.15, -0.1) is 0 Å². The van der Waals surface area contributed by atoms with E-state index in [2.05, 4.69) is 5.32 Å². The summed E-state index contributed by atoms with van der Waals surface area (Å²) in [6, 6.07) is 0. The van der Waals surface area contributed by atoms with Crippen molar-refractivity contribution in [2.45, 2.75) is 19.3 Å². The average molecular weight is 572 g/mol. The van der Waals surface area contributed by atoms with Crippen molar-refractivity contribution in [2.24, 2.45) is 0 Å². The largest absolute Gasteiger partial charge is 0.481 e. The highest BCUT2D eigenvalue weighted by atomic mass is 16.6. The highest BCUT2D eigenvalue weighted by molar-refractivity contribution is 5.80. The van der Waals surface area contributed by atoms with E-state index in [4.69, 9.17) is 52.8 Å². The van der Waals surface area contributed by atoms with Crippen LogP contribution >= 0.6 is 0 Å². The summed E-state index contributed by atoms with van der Waals surface area (Å²) in [6.45, 7) is 8.96. The van der Waals surface area contributed by atoms with Crippen molar-refractivity contribution >= 4 is 11.9 Å². The van der Waals surface area contributed by atoms with Gasteiger partial charge in [0.2, 0.25) is 5.91 Å². The van der Waals surface area contributed by atoms with Crippen molar-refractivity contribution in [1.82, 2.24) is 5.32 Å². The van der Waals surface area contributed by atoms with Crippen LogP contribution in [0.1, 0.15) is 19.3 Å². The van der Waals surface area contributed by atoms with E-state index in [1.54, 1.807) is 0 Å². The number of carbonyl (C=O) groups excluding carboxylic acids is 1. The normalized spacial score (nSPS) is 11.2. The first-order valence-corrected chi connectivity index (χ1v) is 13.5. The molecule has 0 fully saturated rings. The molecule has 39 heavy (non-hydrogen) atoms. The maximum atomic E-state index is 11.3. The third-order valence-electron chi connectivity index (χ3n) is 4.57. The zero-order valence-electron chi connectivity index (χ0n) is 23.1. The number of ether oxygens (including phenoxy) is 9. The zero-order valence-corrected chi connectivity index (χ0v) is 23.1. The van der Waals surface area contributed by atoms with Crippen molar-refractivity contribution in [1.29, 1.82) is 0 Å². The quantitative estimate of drug-likeness (QED) is 0.0863. The molecule has 232 valence electrons. The molecule has 0 aliphatic rings. The maximum absolute atomic E-state index is 11.3. The topological polar surface area (TPSA) is 170 Å². The number of carboxylic acid groups (broad SMARTS) is 1. The number of aliphatic hydroxyl groups is 1. The molecule has 0 saturated heterocycles. The lowest BCUT2D eigenvalue weighted by molar-refractivity contribution is -0.138. The van der Waals surface area contributed by atoms with Crippen LogP contribution in [0.4, 0.5) is 0 Å². The molecule has 1 amide bonds. The van der Waals surface area contributed by atoms with Crippen molar-refractivity contribution in [3.63, 3.8) is 0 Å². The van der Waals surface area contributed by atoms with Crippen LogP contribution in [0.3, 0.4) is 0 Å². The van der Waals surface area contributed by atoms with Gasteiger partial charge in [-0.2, -0.15) is 0 Å². The van der Waals surface area contributed by atoms with Gasteiger partial charge < -0.3 is 58.2 Å². The highest BCUT2D eigenvalue weighted by Gasteiger charge is 2.04. The molecule has 0 aliphatic carbocycles. The van der Waals surface area contributed by atoms with Crippen molar-refractivity contribution in [2.75, 3.05) is 132 Å². The number of hydrogen-bond acceptors (Lipinski definition) is 12. The lowest BCUT2D eigenvalue weighted by atomic mass is 10.3. The summed E-state index contributed by atoms with van der Waals surface area (Å²) < 4.78 is 48.2. The lowest BCUT2D eigenvalue weighted by Crippen LogP contribution is -2.25. The second kappa shape index (κ2) is 32.8. The first-order chi connectivity index (χ1) is 19.2. The number of carbonyl (C=O) groups is 2. The second-order valence-electron chi connectivity index (χ2n) is 7.83. The fourth-order valence-electron chi connectivity index (χ4n) is 2.64. The molecule has 0 aromatic carbocycles. The predicted molar refractivity (Wildman–Crippen MR) is 139 cm³/mol. The van der Waals surface area contributed by atoms with Crippen LogP contribution in [-0.4, -0.2) is 154 Å². The Kier molecular flexibility index (Phi) is 31.5. The molecule has 3 N–H and O–H groups in total. The molecule has 0 radical (unpaired) electrons. The van der Waals surface area contributed by atoms with Crippen LogP contribution in [0.2, 0.25) is 0 Å². The number of rotatable bonds is 33. The van der Waals surface area contributed by atoms with Gasteiger partial charge in [0, 0.05) is 19.6 Å². The van der Waals surface area contributed by atoms with E-state index < -0.39 is 5.97 Å². The lowest BCUT2D eigenvalue weighted by Gasteiger charge is -2.09. The van der Waals surface area contributed by atoms with Gasteiger partial charge in [0.25, 0.3) is 0 Å². The van der Waals surface area contributed by atoms with Crippen molar-refractivity contribution < 1.29 is 62.4 Å². The van der Waals surface area contributed by atoms with Gasteiger partial charge in [-0.25, -0.2) is 0 Å². The van der Waals surface area contributed by atoms with E-state index in [1.807, 2.05) is 0 Å². The minimum absolute atomic E-state index is 0.00927. The van der Waals surface area contributed by atoms with Crippen LogP contribution < -0.4 is 5.32 Å². The monoisotopic (exact) mass is 571 g/mol. The number of hydrogen-bond donors (Lipinski definition) is 3. The van der Waals surface area contributed by atoms with E-state index in [0.29, 0.717) is 132 Å². The molecule has 14 heteroatoms. The SMILES string of the molecule is O=C(O)CCC(=O)NCCCOCCOCCOCCOCCOCCOCCOCCOCCOCCO. The molecule has 0 aromatic heterocycles. The first-order valence-electron chi connectivity index (χ1n) is 13.5. The van der Waals surface area contributed by atoms with E-state index in [-0.39, 0.29) is 25.4 Å². The van der Waals surface area contributed by atoms with Gasteiger partial charge in [0.15, 0.2) is 0 Å². The Hall–Kier alpha value is -1.46. The molecular formula is C25H49NO13. The highest BCUT2D eigenvalue weighted by Crippen LogP contribution is 1.90. The fraction of sp³-hybridized carbons (Fsp3) is 0.920. The van der Waals surface area contributed by atoms with Gasteiger partial charge in [-0.1, -0.05) is 0 Å². The molecule has 0 aliphatic heterocycles. The summed E-state index contributed by atoms with van der Waals surface area (Å²) in [7, 11) is 0. The van der Waals surface area contributed by atoms with Crippen molar-refractivity contribution in [3.05, 3.63) is 0 Å². The summed E-state index contributed by atoms with van der Waals surface area (Å²) >= 11 is 0. The Labute approximate surface area is 231 Å². The van der Waals surface area contributed by atoms with E-state index in [1.165, 1.54) is 0 Å². The fourth-order valence-corrected chi connectivity index (χ4v) is 2.64. The smallest absolute Gasteiger partial charge is 0.303 e. The van der Waals surface area contributed by atoms with Gasteiger partial charge in [-0.05, 0) is 6.42 Å². The standard InChI is InChI=1S/C25H49NO13/c27-5-7-32-9-11-34-13-15-36-17-19-38-21-23-39-22-20-37-18-16-35-14-12-33-10-8-31-6-1-4-26-24(28)2-3-25(29)30/h27H,1-23H2,(H,26,28)(H,29,30). The number of nitrogens with one attached hydrogen (secondary N) is 1. The molecule has 0 spiro atoms. The summed E-state index contributed by atoms with van der Waals surface area (Å²) in [5.41, 5.74) is 0. The zero-order chi connectivity index (χ0) is 28.5. The number of carboxylic acids is 1. The number of aliphatic carboxylic acids is 1. The van der Waals surface area contributed by atoms with Gasteiger partial charge in [0.05, 0.1) is 125 Å². The summed E-state index contributed by atoms with van der Waals surface area (Å²) in [4.78, 5) is 21.7. The Morgan fingerprint density at radius 2 is 0.769 bits per heavy atom. The third-order valence-corrected chi connectivity index (χ3v) is 4.57. The van der Waals surface area contributed by atoms with Crippen LogP contribution in [0.15, 0.2) is 0 Å². The number of amides is 1. The van der Waals surface area contributed by atoms with Crippen molar-refractivity contribution in [3.8, 4) is 0 Å². The Balaban J connectivity index is 3.07. The summed E-state index contributed by atoms with van der Waals surface area (Å²) in [5.74, 6) is -1.25. The molecule has 0 rings (SSSR count). The third kappa shape index (κ3) is 34.5. The van der Waals surface area contributed by atoms with Gasteiger partial charge in [-0.3, -0.25) is 9.59 Å². The van der Waals surface area contributed by atoms with Gasteiger partial charge in [0.1, 0.15) is 0 Å². The van der Waals surface area contributed by atoms with Crippen LogP contribution in [-0.2, 0) is 52.2 Å². The molecule has 14 nitrogen and oxygen atoms in total. The van der Waals surface area contributed by atoms with Crippen LogP contribution in [0.5, 0.6) is 0 Å². The Morgan fingerprint density at radius 1 is 0.462 bits per heavy atom. The van der Waals surface area contributed by atoms with Crippen LogP contribution in [0, 0.1) is 0 Å². The molecule has 0 atom stereocenters. The number of aliphatic hydroxyl groups excluding tert-OH is 1. The molecule has 0 bridgehead atoms. The van der Waals surface area contributed by atoms with E-state index in [9.17, 15) is 9.59 Å². The predicted octanol–water partition coefficient (Wildman–Crippen LogP) is -0.501. The molecule has 0 unspecified atom stereocenters. The van der Waals surface area contributed by atoms with Gasteiger partial charge >= 0.3 is 5.97 Å². The summed E-state index contributed by atoms with van der Waals surface area (Å²) in [6.07, 6.45) is 0.480. The first kappa shape index (κ1) is 37.5. The Morgan fingerprint density at radius 3 is 1.08 bits per heavy atom. The second-order valence-corrected chi connectivity index (χ2v) is 7.83. The molecular weight excluding hydrogens is 522 g/mol. The minimum atomic E-state index is -0.983. The van der Waals surface area contributed by atoms with E-state index >= 15 is 0 Å². The molecule has 0 heterocycles. The van der Waals surface area contributed by atoms with Crippen LogP contribution in [0.25, 0.3) is 0 Å². The summed E-state index contributed by atoms with van der Waals surface area (Å²) in [5, 5.41) is 19.7. The maximum Gasteiger partial charge on any atom is 0.303 e. The van der Waals surface area contributed by atoms with E-state index in [0.717, 1.165) is 0 Å². The molecule has 0 aromatic rings.